The van der Waals surface area contributed by atoms with Crippen molar-refractivity contribution in [3.63, 3.8) is 0 Å². The SMILES string of the molecule is O=C([O-])c1cnn2c(C(F)(F)F)cc(-c3ccccc3)nc12. The first-order valence-corrected chi connectivity index (χ1v) is 6.10. The van der Waals surface area contributed by atoms with Crippen LogP contribution >= 0.6 is 0 Å². The molecule has 0 spiro atoms. The fraction of sp³-hybridized carbons (Fsp3) is 0.0714. The highest BCUT2D eigenvalue weighted by atomic mass is 19.4. The van der Waals surface area contributed by atoms with Crippen LogP contribution in [0.5, 0.6) is 0 Å². The molecule has 3 rings (SSSR count). The molecule has 22 heavy (non-hydrogen) atoms. The summed E-state index contributed by atoms with van der Waals surface area (Å²) in [5, 5.41) is 14.5. The van der Waals surface area contributed by atoms with Crippen molar-refractivity contribution in [1.82, 2.24) is 14.6 Å². The van der Waals surface area contributed by atoms with Crippen molar-refractivity contribution in [2.24, 2.45) is 0 Å². The number of alkyl halides is 3. The monoisotopic (exact) mass is 306 g/mol. The van der Waals surface area contributed by atoms with Crippen LogP contribution in [0.15, 0.2) is 42.6 Å². The number of carbonyl (C=O) groups excluding carboxylic acids is 1. The molecule has 0 aliphatic heterocycles. The van der Waals surface area contributed by atoms with Gasteiger partial charge < -0.3 is 9.90 Å². The number of nitrogens with zero attached hydrogens (tertiary/aromatic N) is 3. The van der Waals surface area contributed by atoms with Gasteiger partial charge >= 0.3 is 6.18 Å². The maximum Gasteiger partial charge on any atom is 0.433 e. The second kappa shape index (κ2) is 4.83. The van der Waals surface area contributed by atoms with E-state index in [4.69, 9.17) is 0 Å². The molecule has 0 unspecified atom stereocenters. The highest BCUT2D eigenvalue weighted by Gasteiger charge is 2.35. The van der Waals surface area contributed by atoms with Gasteiger partial charge in [-0.1, -0.05) is 30.3 Å². The van der Waals surface area contributed by atoms with E-state index in [2.05, 4.69) is 10.1 Å². The van der Waals surface area contributed by atoms with Gasteiger partial charge in [0.25, 0.3) is 0 Å². The summed E-state index contributed by atoms with van der Waals surface area (Å²) in [6, 6.07) is 8.98. The number of aromatic nitrogens is 3. The molecule has 5 nitrogen and oxygen atoms in total. The minimum Gasteiger partial charge on any atom is -0.545 e. The third-order valence-corrected chi connectivity index (χ3v) is 3.05. The third-order valence-electron chi connectivity index (χ3n) is 3.05. The Morgan fingerprint density at radius 2 is 1.86 bits per heavy atom. The normalized spacial score (nSPS) is 11.8. The quantitative estimate of drug-likeness (QED) is 0.723. The first-order valence-electron chi connectivity index (χ1n) is 6.10. The minimum absolute atomic E-state index is 0.00317. The van der Waals surface area contributed by atoms with E-state index in [0.29, 0.717) is 10.1 Å². The maximum absolute atomic E-state index is 13.2. The van der Waals surface area contributed by atoms with Gasteiger partial charge in [-0.05, 0) is 6.07 Å². The molecule has 1 aromatic carbocycles. The number of hydrogen-bond acceptors (Lipinski definition) is 4. The molecule has 0 saturated heterocycles. The highest BCUT2D eigenvalue weighted by molar-refractivity contribution is 5.93. The highest BCUT2D eigenvalue weighted by Crippen LogP contribution is 2.32. The van der Waals surface area contributed by atoms with E-state index in [9.17, 15) is 23.1 Å². The second-order valence-electron chi connectivity index (χ2n) is 4.47. The lowest BCUT2D eigenvalue weighted by atomic mass is 10.1. The Hall–Kier alpha value is -2.90. The van der Waals surface area contributed by atoms with Crippen molar-refractivity contribution in [1.29, 1.82) is 0 Å². The standard InChI is InChI=1S/C14H8F3N3O2/c15-14(16,17)11-6-10(8-4-2-1-3-5-8)19-12-9(13(21)22)7-18-20(11)12/h1-7H,(H,21,22)/p-1. The van der Waals surface area contributed by atoms with Crippen LogP contribution in [0.2, 0.25) is 0 Å². The minimum atomic E-state index is -4.71. The van der Waals surface area contributed by atoms with Crippen molar-refractivity contribution in [2.75, 3.05) is 0 Å². The van der Waals surface area contributed by atoms with E-state index in [1.165, 1.54) is 0 Å². The number of halogens is 3. The van der Waals surface area contributed by atoms with Crippen LogP contribution < -0.4 is 5.11 Å². The Bertz CT molecular complexity index is 857. The lowest BCUT2D eigenvalue weighted by Gasteiger charge is -2.11. The lowest BCUT2D eigenvalue weighted by molar-refractivity contribution is -0.254. The second-order valence-corrected chi connectivity index (χ2v) is 4.47. The number of rotatable bonds is 2. The maximum atomic E-state index is 13.2. The zero-order valence-electron chi connectivity index (χ0n) is 10.8. The third kappa shape index (κ3) is 2.28. The van der Waals surface area contributed by atoms with Gasteiger partial charge in [-0.3, -0.25) is 0 Å². The van der Waals surface area contributed by atoms with Gasteiger partial charge in [0.15, 0.2) is 11.3 Å². The molecule has 8 heteroatoms. The number of carboxylic acids is 1. The van der Waals surface area contributed by atoms with Crippen molar-refractivity contribution in [3.05, 3.63) is 53.9 Å². The summed E-state index contributed by atoms with van der Waals surface area (Å²) in [5.41, 5.74) is -1.58. The molecule has 2 heterocycles. The van der Waals surface area contributed by atoms with Crippen LogP contribution in [0.4, 0.5) is 13.2 Å². The van der Waals surface area contributed by atoms with E-state index in [0.717, 1.165) is 12.3 Å². The molecule has 0 aliphatic rings. The fourth-order valence-electron chi connectivity index (χ4n) is 2.07. The van der Waals surface area contributed by atoms with Gasteiger partial charge in [0, 0.05) is 5.56 Å². The fourth-order valence-corrected chi connectivity index (χ4v) is 2.07. The number of carboxylic acid groups (broad SMARTS) is 1. The molecule has 0 atom stereocenters. The van der Waals surface area contributed by atoms with Crippen molar-refractivity contribution < 1.29 is 23.1 Å². The Balaban J connectivity index is 2.36. The first-order chi connectivity index (χ1) is 10.4. The molecule has 0 N–H and O–H groups in total. The largest absolute Gasteiger partial charge is 0.545 e. The molecule has 112 valence electrons. The van der Waals surface area contributed by atoms with Crippen LogP contribution in [0.3, 0.4) is 0 Å². The summed E-state index contributed by atoms with van der Waals surface area (Å²) in [6.07, 6.45) is -3.92. The number of benzene rings is 1. The number of hydrogen-bond donors (Lipinski definition) is 0. The number of carbonyl (C=O) groups is 1. The van der Waals surface area contributed by atoms with Crippen LogP contribution in [0.1, 0.15) is 16.1 Å². The van der Waals surface area contributed by atoms with E-state index >= 15 is 0 Å². The topological polar surface area (TPSA) is 70.3 Å². The molecular weight excluding hydrogens is 299 g/mol. The summed E-state index contributed by atoms with van der Waals surface area (Å²) < 4.78 is 40.0. The van der Waals surface area contributed by atoms with Crippen LogP contribution in [-0.2, 0) is 6.18 Å². The predicted octanol–water partition coefficient (Wildman–Crippen LogP) is 1.78. The summed E-state index contributed by atoms with van der Waals surface area (Å²) in [7, 11) is 0. The average Bonchev–Trinajstić information content (AvgIpc) is 2.90. The molecule has 0 bridgehead atoms. The van der Waals surface area contributed by atoms with Gasteiger partial charge in [0.1, 0.15) is 0 Å². The van der Waals surface area contributed by atoms with Crippen molar-refractivity contribution in [2.45, 2.75) is 6.18 Å². The molecule has 0 amide bonds. The Kier molecular flexibility index (Phi) is 3.09. The van der Waals surface area contributed by atoms with Crippen molar-refractivity contribution >= 4 is 11.6 Å². The molecule has 3 aromatic rings. The first kappa shape index (κ1) is 14.1. The van der Waals surface area contributed by atoms with E-state index in [-0.39, 0.29) is 5.69 Å². The Morgan fingerprint density at radius 3 is 2.45 bits per heavy atom. The predicted molar refractivity (Wildman–Crippen MR) is 67.8 cm³/mol. The van der Waals surface area contributed by atoms with Crippen LogP contribution in [0, 0.1) is 0 Å². The van der Waals surface area contributed by atoms with Gasteiger partial charge in [0.05, 0.1) is 23.4 Å². The smallest absolute Gasteiger partial charge is 0.433 e. The molecular formula is C14H7F3N3O2-. The van der Waals surface area contributed by atoms with Crippen LogP contribution in [-0.4, -0.2) is 20.6 Å². The van der Waals surface area contributed by atoms with Gasteiger partial charge in [0.2, 0.25) is 0 Å². The number of fused-ring (bicyclic) bond motifs is 1. The van der Waals surface area contributed by atoms with E-state index in [1.54, 1.807) is 30.3 Å². The summed E-state index contributed by atoms with van der Waals surface area (Å²) in [4.78, 5) is 15.0. The van der Waals surface area contributed by atoms with E-state index < -0.39 is 29.1 Å². The molecule has 2 aromatic heterocycles. The Labute approximate surface area is 121 Å². The molecule has 0 aliphatic carbocycles. The van der Waals surface area contributed by atoms with Gasteiger partial charge in [-0.2, -0.15) is 18.3 Å². The molecule has 0 radical (unpaired) electrons. The van der Waals surface area contributed by atoms with Crippen LogP contribution in [0.25, 0.3) is 16.9 Å². The summed E-state index contributed by atoms with van der Waals surface area (Å²) >= 11 is 0. The summed E-state index contributed by atoms with van der Waals surface area (Å²) in [5.74, 6) is -1.64. The zero-order valence-corrected chi connectivity index (χ0v) is 10.8. The zero-order chi connectivity index (χ0) is 15.9. The number of aromatic carboxylic acids is 1. The Morgan fingerprint density at radius 1 is 1.18 bits per heavy atom. The van der Waals surface area contributed by atoms with E-state index in [1.807, 2.05) is 0 Å². The molecule has 0 saturated carbocycles. The van der Waals surface area contributed by atoms with Gasteiger partial charge in [-0.15, -0.1) is 0 Å². The molecule has 0 fully saturated rings. The lowest BCUT2D eigenvalue weighted by Crippen LogP contribution is -2.22. The van der Waals surface area contributed by atoms with Crippen molar-refractivity contribution in [3.8, 4) is 11.3 Å². The average molecular weight is 306 g/mol. The van der Waals surface area contributed by atoms with Gasteiger partial charge in [-0.25, -0.2) is 9.50 Å². The summed E-state index contributed by atoms with van der Waals surface area (Å²) in [6.45, 7) is 0.